The van der Waals surface area contributed by atoms with Gasteiger partial charge in [0.15, 0.2) is 0 Å². The number of benzene rings is 1. The molecule has 0 aliphatic heterocycles. The van der Waals surface area contributed by atoms with Crippen molar-refractivity contribution in [3.63, 3.8) is 0 Å². The van der Waals surface area contributed by atoms with E-state index < -0.39 is 7.14 Å². The molecule has 0 unspecified atom stereocenters. The molecular formula is C18H19BrClN6OP. The SMILES string of the molecule is CN(C)c1ncc(-c2ccc(Nc3nc(Cl)ncc3Br)c(P(C)(C)=O)c2)cn1. The van der Waals surface area contributed by atoms with Crippen LogP contribution in [-0.2, 0) is 4.57 Å². The molecule has 0 aliphatic carbocycles. The van der Waals surface area contributed by atoms with Crippen molar-refractivity contribution in [3.05, 3.63) is 46.5 Å². The second-order valence-electron chi connectivity index (χ2n) is 6.71. The first-order valence-electron chi connectivity index (χ1n) is 8.29. The smallest absolute Gasteiger partial charge is 0.224 e. The van der Waals surface area contributed by atoms with Gasteiger partial charge in [0, 0.05) is 43.6 Å². The monoisotopic (exact) mass is 480 g/mol. The molecule has 0 amide bonds. The van der Waals surface area contributed by atoms with Crippen molar-refractivity contribution in [2.24, 2.45) is 0 Å². The minimum Gasteiger partial charge on any atom is -0.347 e. The fourth-order valence-electron chi connectivity index (χ4n) is 2.52. The standard InChI is InChI=1S/C18H19BrClN6OP/c1-26(2)18-22-8-12(9-23-18)11-5-6-14(15(7-11)28(3,4)27)24-16-13(19)10-21-17(20)25-16/h5-10H,1-4H3,(H,21,24,25). The number of nitrogens with one attached hydrogen (secondary N) is 1. The minimum absolute atomic E-state index is 0.123. The average Bonchev–Trinajstić information content (AvgIpc) is 2.64. The first-order valence-corrected chi connectivity index (χ1v) is 12.1. The Labute approximate surface area is 177 Å². The fraction of sp³-hybridized carbons (Fsp3) is 0.222. The van der Waals surface area contributed by atoms with Crippen LogP contribution in [0.4, 0.5) is 17.5 Å². The lowest BCUT2D eigenvalue weighted by Gasteiger charge is -2.17. The van der Waals surface area contributed by atoms with Crippen molar-refractivity contribution in [2.75, 3.05) is 37.6 Å². The molecule has 146 valence electrons. The lowest BCUT2D eigenvalue weighted by molar-refractivity contribution is 0.588. The van der Waals surface area contributed by atoms with Gasteiger partial charge in [-0.3, -0.25) is 0 Å². The van der Waals surface area contributed by atoms with Crippen molar-refractivity contribution in [1.82, 2.24) is 19.9 Å². The van der Waals surface area contributed by atoms with Gasteiger partial charge in [-0.2, -0.15) is 4.98 Å². The Bertz CT molecular complexity index is 1050. The molecule has 1 aromatic carbocycles. The number of aromatic nitrogens is 4. The Morgan fingerprint density at radius 2 is 1.75 bits per heavy atom. The van der Waals surface area contributed by atoms with Gasteiger partial charge in [0.2, 0.25) is 11.2 Å². The van der Waals surface area contributed by atoms with Gasteiger partial charge < -0.3 is 14.8 Å². The van der Waals surface area contributed by atoms with Gasteiger partial charge in [-0.15, -0.1) is 0 Å². The molecule has 1 N–H and O–H groups in total. The molecule has 0 radical (unpaired) electrons. The van der Waals surface area contributed by atoms with Crippen LogP contribution in [0.1, 0.15) is 0 Å². The van der Waals surface area contributed by atoms with Crippen LogP contribution in [0.15, 0.2) is 41.3 Å². The van der Waals surface area contributed by atoms with Gasteiger partial charge in [-0.1, -0.05) is 6.07 Å². The van der Waals surface area contributed by atoms with Crippen molar-refractivity contribution in [2.45, 2.75) is 0 Å². The highest BCUT2D eigenvalue weighted by atomic mass is 79.9. The summed E-state index contributed by atoms with van der Waals surface area (Å²) in [6, 6.07) is 5.69. The number of hydrogen-bond donors (Lipinski definition) is 1. The van der Waals surface area contributed by atoms with Gasteiger partial charge in [0.25, 0.3) is 0 Å². The highest BCUT2D eigenvalue weighted by Crippen LogP contribution is 2.40. The molecule has 2 heterocycles. The van der Waals surface area contributed by atoms with Crippen LogP contribution < -0.4 is 15.5 Å². The molecule has 0 saturated heterocycles. The van der Waals surface area contributed by atoms with Crippen LogP contribution in [0.3, 0.4) is 0 Å². The van der Waals surface area contributed by atoms with Gasteiger partial charge >= 0.3 is 0 Å². The molecule has 0 bridgehead atoms. The summed E-state index contributed by atoms with van der Waals surface area (Å²) in [5.74, 6) is 1.13. The summed E-state index contributed by atoms with van der Waals surface area (Å²) in [5, 5.41) is 4.02. The van der Waals surface area contributed by atoms with E-state index >= 15 is 0 Å². The third-order valence-corrected chi connectivity index (χ3v) is 6.21. The minimum atomic E-state index is -2.60. The summed E-state index contributed by atoms with van der Waals surface area (Å²) in [6.45, 7) is 3.45. The zero-order valence-electron chi connectivity index (χ0n) is 15.8. The molecule has 0 atom stereocenters. The van der Waals surface area contributed by atoms with E-state index in [1.807, 2.05) is 37.2 Å². The molecule has 0 fully saturated rings. The first kappa shape index (κ1) is 20.7. The second kappa shape index (κ2) is 8.15. The maximum absolute atomic E-state index is 13.0. The van der Waals surface area contributed by atoms with E-state index in [0.29, 0.717) is 27.2 Å². The van der Waals surface area contributed by atoms with Gasteiger partial charge in [0.1, 0.15) is 13.0 Å². The highest BCUT2D eigenvalue weighted by Gasteiger charge is 2.19. The third kappa shape index (κ3) is 4.69. The zero-order valence-corrected chi connectivity index (χ0v) is 19.0. The molecule has 0 aliphatic rings. The predicted octanol–water partition coefficient (Wildman–Crippen LogP) is 4.41. The normalized spacial score (nSPS) is 11.4. The Morgan fingerprint density at radius 3 is 2.36 bits per heavy atom. The second-order valence-corrected chi connectivity index (χ2v) is 11.1. The lowest BCUT2D eigenvalue weighted by Crippen LogP contribution is -2.13. The highest BCUT2D eigenvalue weighted by molar-refractivity contribution is 9.10. The molecule has 10 heteroatoms. The van der Waals surface area contributed by atoms with Gasteiger partial charge in [-0.05, 0) is 58.6 Å². The van der Waals surface area contributed by atoms with Crippen LogP contribution >= 0.6 is 34.7 Å². The quantitative estimate of drug-likeness (QED) is 0.427. The van der Waals surface area contributed by atoms with E-state index in [0.717, 1.165) is 11.1 Å². The Kier molecular flexibility index (Phi) is 6.03. The number of rotatable bonds is 5. The summed E-state index contributed by atoms with van der Waals surface area (Å²) in [6.07, 6.45) is 5.07. The van der Waals surface area contributed by atoms with Crippen LogP contribution in [0.25, 0.3) is 11.1 Å². The molecule has 3 aromatic rings. The lowest BCUT2D eigenvalue weighted by atomic mass is 10.1. The first-order chi connectivity index (χ1) is 13.1. The summed E-state index contributed by atoms with van der Waals surface area (Å²) in [5.41, 5.74) is 2.42. The molecule has 0 spiro atoms. The van der Waals surface area contributed by atoms with E-state index in [9.17, 15) is 4.57 Å². The number of anilines is 3. The van der Waals surface area contributed by atoms with E-state index in [2.05, 4.69) is 41.2 Å². The van der Waals surface area contributed by atoms with Crippen molar-refractivity contribution in [1.29, 1.82) is 0 Å². The average molecular weight is 482 g/mol. The maximum Gasteiger partial charge on any atom is 0.224 e. The van der Waals surface area contributed by atoms with Crippen LogP contribution in [0.5, 0.6) is 0 Å². The van der Waals surface area contributed by atoms with E-state index in [-0.39, 0.29) is 5.28 Å². The molecule has 3 rings (SSSR count). The van der Waals surface area contributed by atoms with E-state index in [1.54, 1.807) is 31.9 Å². The fourth-order valence-corrected chi connectivity index (χ4v) is 4.11. The van der Waals surface area contributed by atoms with Crippen molar-refractivity contribution in [3.8, 4) is 11.1 Å². The Morgan fingerprint density at radius 1 is 1.07 bits per heavy atom. The van der Waals surface area contributed by atoms with Crippen molar-refractivity contribution >= 4 is 57.4 Å². The maximum atomic E-state index is 13.0. The zero-order chi connectivity index (χ0) is 20.5. The Hall–Kier alpha value is -2.02. The topological polar surface area (TPSA) is 83.9 Å². The number of halogens is 2. The van der Waals surface area contributed by atoms with E-state index in [1.165, 1.54) is 0 Å². The molecule has 7 nitrogen and oxygen atoms in total. The van der Waals surface area contributed by atoms with Gasteiger partial charge in [-0.25, -0.2) is 15.0 Å². The summed E-state index contributed by atoms with van der Waals surface area (Å²) >= 11 is 9.29. The number of nitrogens with zero attached hydrogens (tertiary/aromatic N) is 5. The molecular weight excluding hydrogens is 463 g/mol. The van der Waals surface area contributed by atoms with E-state index in [4.69, 9.17) is 11.6 Å². The third-order valence-electron chi connectivity index (χ3n) is 3.92. The molecule has 0 saturated carbocycles. The molecule has 2 aromatic heterocycles. The number of hydrogen-bond acceptors (Lipinski definition) is 7. The molecule has 28 heavy (non-hydrogen) atoms. The largest absolute Gasteiger partial charge is 0.347 e. The van der Waals surface area contributed by atoms with Crippen LogP contribution in [-0.4, -0.2) is 47.4 Å². The van der Waals surface area contributed by atoms with Crippen molar-refractivity contribution < 1.29 is 4.57 Å². The summed E-state index contributed by atoms with van der Waals surface area (Å²) in [7, 11) is 1.17. The van der Waals surface area contributed by atoms with Gasteiger partial charge in [0.05, 0.1) is 10.2 Å². The predicted molar refractivity (Wildman–Crippen MR) is 119 cm³/mol. The van der Waals surface area contributed by atoms with Crippen LogP contribution in [0.2, 0.25) is 5.28 Å². The Balaban J connectivity index is 2.03. The summed E-state index contributed by atoms with van der Waals surface area (Å²) < 4.78 is 13.6. The van der Waals surface area contributed by atoms with Crippen LogP contribution in [0, 0.1) is 0 Å². The summed E-state index contributed by atoms with van der Waals surface area (Å²) in [4.78, 5) is 18.6.